The van der Waals surface area contributed by atoms with Gasteiger partial charge in [0.25, 0.3) is 0 Å². The lowest BCUT2D eigenvalue weighted by Crippen LogP contribution is -2.57. The molecule has 5 heteroatoms. The summed E-state index contributed by atoms with van der Waals surface area (Å²) in [6.45, 7) is 9.25. The van der Waals surface area contributed by atoms with Gasteiger partial charge in [-0.3, -0.25) is 4.79 Å². The third-order valence-electron chi connectivity index (χ3n) is 5.55. The number of piperidine rings is 1. The number of carbonyl (C=O) groups excluding carboxylic acids is 1. The van der Waals surface area contributed by atoms with Crippen molar-refractivity contribution in [3.63, 3.8) is 0 Å². The molecule has 0 spiro atoms. The summed E-state index contributed by atoms with van der Waals surface area (Å²) in [5, 5.41) is 3.68. The molecule has 1 N–H and O–H groups in total. The van der Waals surface area contributed by atoms with E-state index in [0.29, 0.717) is 30.3 Å². The zero-order valence-electron chi connectivity index (χ0n) is 18.5. The van der Waals surface area contributed by atoms with Gasteiger partial charge in [0.05, 0.1) is 7.11 Å². The maximum absolute atomic E-state index is 13.0. The van der Waals surface area contributed by atoms with Gasteiger partial charge in [0.2, 0.25) is 0 Å². The molecule has 1 saturated heterocycles. The summed E-state index contributed by atoms with van der Waals surface area (Å²) in [5.74, 6) is 2.00. The highest BCUT2D eigenvalue weighted by atomic mass is 79.9. The van der Waals surface area contributed by atoms with Gasteiger partial charge < -0.3 is 14.8 Å². The molecule has 0 bridgehead atoms. The van der Waals surface area contributed by atoms with E-state index in [-0.39, 0.29) is 16.9 Å². The van der Waals surface area contributed by atoms with E-state index in [0.717, 1.165) is 28.6 Å². The molecule has 162 valence electrons. The van der Waals surface area contributed by atoms with Crippen LogP contribution >= 0.6 is 15.9 Å². The number of hydrogen-bond donors (Lipinski definition) is 1. The van der Waals surface area contributed by atoms with Crippen LogP contribution in [0.25, 0.3) is 0 Å². The van der Waals surface area contributed by atoms with E-state index in [2.05, 4.69) is 48.9 Å². The molecule has 1 aliphatic rings. The molecule has 3 rings (SSSR count). The SMILES string of the molecule is COc1cc(C(=O)CC2CC(C)(C)NC(C)(C)C2)ccc1COc1cccc(Br)c1. The Bertz CT molecular complexity index is 891. The number of rotatable bonds is 7. The van der Waals surface area contributed by atoms with Crippen LogP contribution in [0.15, 0.2) is 46.9 Å². The summed E-state index contributed by atoms with van der Waals surface area (Å²) in [5.41, 5.74) is 1.70. The fourth-order valence-electron chi connectivity index (χ4n) is 4.81. The summed E-state index contributed by atoms with van der Waals surface area (Å²) in [4.78, 5) is 13.0. The van der Waals surface area contributed by atoms with Gasteiger partial charge in [-0.05, 0) is 70.7 Å². The second-order valence-corrected chi connectivity index (χ2v) is 10.5. The first-order valence-corrected chi connectivity index (χ1v) is 11.2. The van der Waals surface area contributed by atoms with Crippen molar-refractivity contribution in [2.24, 2.45) is 5.92 Å². The standard InChI is InChI=1S/C25H32BrNO3/c1-24(2)14-17(15-25(3,4)27-24)11-22(28)18-9-10-19(23(12-18)29-5)16-30-21-8-6-7-20(26)13-21/h6-10,12-13,17,27H,11,14-16H2,1-5H3. The Morgan fingerprint density at radius 3 is 2.43 bits per heavy atom. The molecule has 1 fully saturated rings. The van der Waals surface area contributed by atoms with Crippen LogP contribution in [0.2, 0.25) is 0 Å². The van der Waals surface area contributed by atoms with Crippen LogP contribution in [0.4, 0.5) is 0 Å². The second kappa shape index (κ2) is 9.11. The fraction of sp³-hybridized carbons (Fsp3) is 0.480. The summed E-state index contributed by atoms with van der Waals surface area (Å²) >= 11 is 3.45. The topological polar surface area (TPSA) is 47.6 Å². The van der Waals surface area contributed by atoms with Gasteiger partial charge >= 0.3 is 0 Å². The van der Waals surface area contributed by atoms with Crippen molar-refractivity contribution in [3.8, 4) is 11.5 Å². The number of Topliss-reactive ketones (excluding diaryl/α,β-unsaturated/α-hetero) is 1. The zero-order valence-corrected chi connectivity index (χ0v) is 20.1. The van der Waals surface area contributed by atoms with E-state index >= 15 is 0 Å². The fourth-order valence-corrected chi connectivity index (χ4v) is 5.19. The molecule has 2 aromatic carbocycles. The molecular formula is C25H32BrNO3. The highest BCUT2D eigenvalue weighted by Gasteiger charge is 2.38. The molecule has 1 heterocycles. The lowest BCUT2D eigenvalue weighted by atomic mass is 9.74. The lowest BCUT2D eigenvalue weighted by molar-refractivity contribution is 0.0864. The Balaban J connectivity index is 1.68. The molecule has 0 aliphatic carbocycles. The molecule has 2 aromatic rings. The Morgan fingerprint density at radius 2 is 1.80 bits per heavy atom. The minimum absolute atomic E-state index is 0.0397. The number of nitrogens with one attached hydrogen (secondary N) is 1. The first kappa shape index (κ1) is 22.8. The van der Waals surface area contributed by atoms with Gasteiger partial charge in [0.15, 0.2) is 5.78 Å². The quantitative estimate of drug-likeness (QED) is 0.488. The van der Waals surface area contributed by atoms with Gasteiger partial charge in [0.1, 0.15) is 18.1 Å². The largest absolute Gasteiger partial charge is 0.496 e. The Morgan fingerprint density at radius 1 is 1.10 bits per heavy atom. The maximum atomic E-state index is 13.0. The van der Waals surface area contributed by atoms with Crippen molar-refractivity contribution in [1.29, 1.82) is 0 Å². The molecule has 0 radical (unpaired) electrons. The molecule has 0 unspecified atom stereocenters. The van der Waals surface area contributed by atoms with Crippen molar-refractivity contribution in [1.82, 2.24) is 5.32 Å². The van der Waals surface area contributed by atoms with Crippen LogP contribution in [-0.2, 0) is 6.61 Å². The molecule has 4 nitrogen and oxygen atoms in total. The Hall–Kier alpha value is -1.85. The minimum Gasteiger partial charge on any atom is -0.496 e. The summed E-state index contributed by atoms with van der Waals surface area (Å²) in [7, 11) is 1.63. The van der Waals surface area contributed by atoms with E-state index < -0.39 is 0 Å². The number of carbonyl (C=O) groups is 1. The van der Waals surface area contributed by atoms with Crippen LogP contribution in [-0.4, -0.2) is 24.0 Å². The molecule has 30 heavy (non-hydrogen) atoms. The van der Waals surface area contributed by atoms with Gasteiger partial charge in [-0.2, -0.15) is 0 Å². The van der Waals surface area contributed by atoms with E-state index in [1.165, 1.54) is 0 Å². The Kier molecular flexibility index (Phi) is 6.93. The van der Waals surface area contributed by atoms with Crippen LogP contribution in [0.3, 0.4) is 0 Å². The van der Waals surface area contributed by atoms with Crippen molar-refractivity contribution < 1.29 is 14.3 Å². The molecule has 0 saturated carbocycles. The van der Waals surface area contributed by atoms with Crippen LogP contribution < -0.4 is 14.8 Å². The van der Waals surface area contributed by atoms with Gasteiger partial charge in [0, 0.05) is 33.1 Å². The summed E-state index contributed by atoms with van der Waals surface area (Å²) < 4.78 is 12.4. The first-order chi connectivity index (χ1) is 14.1. The van der Waals surface area contributed by atoms with E-state index in [1.807, 2.05) is 42.5 Å². The Labute approximate surface area is 188 Å². The minimum atomic E-state index is 0.0397. The van der Waals surface area contributed by atoms with Crippen molar-refractivity contribution in [3.05, 3.63) is 58.1 Å². The molecule has 1 aliphatic heterocycles. The van der Waals surface area contributed by atoms with E-state index in [9.17, 15) is 4.79 Å². The van der Waals surface area contributed by atoms with Crippen molar-refractivity contribution in [2.45, 2.75) is 64.6 Å². The molecule has 0 aromatic heterocycles. The van der Waals surface area contributed by atoms with E-state index in [1.54, 1.807) is 7.11 Å². The van der Waals surface area contributed by atoms with Crippen LogP contribution in [0, 0.1) is 5.92 Å². The number of ketones is 1. The zero-order chi connectivity index (χ0) is 21.9. The monoisotopic (exact) mass is 473 g/mol. The average molecular weight is 474 g/mol. The third-order valence-corrected chi connectivity index (χ3v) is 6.04. The average Bonchev–Trinajstić information content (AvgIpc) is 2.63. The maximum Gasteiger partial charge on any atom is 0.163 e. The smallest absolute Gasteiger partial charge is 0.163 e. The summed E-state index contributed by atoms with van der Waals surface area (Å²) in [6, 6.07) is 13.4. The van der Waals surface area contributed by atoms with Crippen molar-refractivity contribution >= 4 is 21.7 Å². The van der Waals surface area contributed by atoms with Crippen molar-refractivity contribution in [2.75, 3.05) is 7.11 Å². The first-order valence-electron chi connectivity index (χ1n) is 10.4. The number of benzene rings is 2. The van der Waals surface area contributed by atoms with Gasteiger partial charge in [-0.15, -0.1) is 0 Å². The van der Waals surface area contributed by atoms with Gasteiger partial charge in [-0.1, -0.05) is 34.1 Å². The summed E-state index contributed by atoms with van der Waals surface area (Å²) in [6.07, 6.45) is 2.56. The van der Waals surface area contributed by atoms with Crippen LogP contribution in [0.1, 0.15) is 62.9 Å². The third kappa shape index (κ3) is 6.08. The van der Waals surface area contributed by atoms with Crippen LogP contribution in [0.5, 0.6) is 11.5 Å². The number of ether oxygens (including phenoxy) is 2. The number of methoxy groups -OCH3 is 1. The van der Waals surface area contributed by atoms with Gasteiger partial charge in [-0.25, -0.2) is 0 Å². The predicted octanol–water partition coefficient (Wildman–Crippen LogP) is 6.17. The molecule has 0 atom stereocenters. The van der Waals surface area contributed by atoms with E-state index in [4.69, 9.17) is 9.47 Å². The lowest BCUT2D eigenvalue weighted by Gasteiger charge is -2.46. The highest BCUT2D eigenvalue weighted by Crippen LogP contribution is 2.35. The normalized spacial score (nSPS) is 18.1. The highest BCUT2D eigenvalue weighted by molar-refractivity contribution is 9.10. The number of hydrogen-bond acceptors (Lipinski definition) is 4. The molecule has 0 amide bonds. The second-order valence-electron chi connectivity index (χ2n) is 9.57. The number of halogens is 1. The molecular weight excluding hydrogens is 442 g/mol. The predicted molar refractivity (Wildman–Crippen MR) is 124 cm³/mol.